The first-order valence-corrected chi connectivity index (χ1v) is 10.1. The smallest absolute Gasteiger partial charge is 0.211 e. The van der Waals surface area contributed by atoms with Crippen molar-refractivity contribution < 1.29 is 0 Å². The topological polar surface area (TPSA) is 59.5 Å². The van der Waals surface area contributed by atoms with Crippen LogP contribution >= 0.6 is 35.0 Å². The van der Waals surface area contributed by atoms with E-state index in [1.165, 1.54) is 11.8 Å². The lowest BCUT2D eigenvalue weighted by atomic mass is 10.3. The molecule has 5 nitrogen and oxygen atoms in total. The molecule has 3 aromatic rings. The maximum atomic E-state index is 6.33. The zero-order valence-corrected chi connectivity index (χ0v) is 16.2. The van der Waals surface area contributed by atoms with E-state index < -0.39 is 0 Å². The fourth-order valence-electron chi connectivity index (χ4n) is 4.03. The van der Waals surface area contributed by atoms with Gasteiger partial charge in [0.15, 0.2) is 5.65 Å². The van der Waals surface area contributed by atoms with E-state index in [4.69, 9.17) is 33.9 Å². The first kappa shape index (κ1) is 16.7. The second kappa shape index (κ2) is 6.30. The largest absolute Gasteiger partial charge is 0.341 e. The van der Waals surface area contributed by atoms with Crippen molar-refractivity contribution in [3.05, 3.63) is 46.8 Å². The molecule has 3 heterocycles. The Hall–Kier alpha value is -1.47. The van der Waals surface area contributed by atoms with Crippen LogP contribution in [-0.4, -0.2) is 34.0 Å². The van der Waals surface area contributed by atoms with Crippen molar-refractivity contribution in [2.45, 2.75) is 9.79 Å². The van der Waals surface area contributed by atoms with Crippen LogP contribution in [0.15, 0.2) is 46.6 Å². The fraction of sp³-hybridized carbons (Fsp3) is 0.333. The van der Waals surface area contributed by atoms with Gasteiger partial charge < -0.3 is 10.6 Å². The third kappa shape index (κ3) is 2.59. The summed E-state index contributed by atoms with van der Waals surface area (Å²) in [6, 6.07) is 5.63. The second-order valence-corrected chi connectivity index (χ2v) is 8.70. The Bertz CT molecular complexity index is 979. The predicted molar refractivity (Wildman–Crippen MR) is 105 cm³/mol. The summed E-state index contributed by atoms with van der Waals surface area (Å²) in [6.07, 6.45) is 5.65. The normalized spacial score (nSPS) is 24.3. The highest BCUT2D eigenvalue weighted by Crippen LogP contribution is 2.51. The first-order chi connectivity index (χ1) is 12.7. The molecule has 0 amide bonds. The average Bonchev–Trinajstić information content (AvgIpc) is 3.02. The van der Waals surface area contributed by atoms with Gasteiger partial charge in [-0.25, -0.2) is 9.97 Å². The molecule has 2 aromatic heterocycles. The molecule has 1 saturated carbocycles. The lowest BCUT2D eigenvalue weighted by molar-refractivity contribution is 0.636. The van der Waals surface area contributed by atoms with Crippen LogP contribution in [-0.2, 0) is 0 Å². The van der Waals surface area contributed by atoms with E-state index in [1.807, 2.05) is 30.7 Å². The number of nitrogens with two attached hydrogens (primary N) is 1. The number of aromatic nitrogens is 3. The summed E-state index contributed by atoms with van der Waals surface area (Å²) in [4.78, 5) is 13.5. The molecule has 1 aliphatic carbocycles. The predicted octanol–water partition coefficient (Wildman–Crippen LogP) is 3.83. The quantitative estimate of drug-likeness (QED) is 0.714. The molecule has 134 valence electrons. The molecule has 3 atom stereocenters. The Balaban J connectivity index is 1.47. The Kier molecular flexibility index (Phi) is 4.05. The van der Waals surface area contributed by atoms with Gasteiger partial charge >= 0.3 is 0 Å². The fourth-order valence-corrected chi connectivity index (χ4v) is 5.44. The Labute approximate surface area is 165 Å². The van der Waals surface area contributed by atoms with Gasteiger partial charge in [-0.1, -0.05) is 41.0 Å². The number of anilines is 1. The number of hydrogen-bond donors (Lipinski definition) is 1. The van der Waals surface area contributed by atoms with Gasteiger partial charge in [-0.2, -0.15) is 0 Å². The summed E-state index contributed by atoms with van der Waals surface area (Å²) < 4.78 is 2.06. The van der Waals surface area contributed by atoms with Gasteiger partial charge in [-0.15, -0.1) is 0 Å². The minimum Gasteiger partial charge on any atom is -0.341 e. The molecule has 0 radical (unpaired) electrons. The molecule has 1 aliphatic heterocycles. The number of nitrogens with zero attached hydrogens (tertiary/aromatic N) is 4. The maximum absolute atomic E-state index is 6.33. The van der Waals surface area contributed by atoms with Crippen LogP contribution in [0.1, 0.15) is 0 Å². The summed E-state index contributed by atoms with van der Waals surface area (Å²) >= 11 is 14.0. The van der Waals surface area contributed by atoms with Gasteiger partial charge in [0.2, 0.25) is 5.95 Å². The van der Waals surface area contributed by atoms with E-state index in [0.717, 1.165) is 52.9 Å². The van der Waals surface area contributed by atoms with Gasteiger partial charge in [-0.05, 0) is 36.4 Å². The van der Waals surface area contributed by atoms with Crippen molar-refractivity contribution in [3.8, 4) is 0 Å². The van der Waals surface area contributed by atoms with Crippen LogP contribution in [0.5, 0.6) is 0 Å². The molecule has 2 fully saturated rings. The number of fused-ring (bicyclic) bond motifs is 2. The Morgan fingerprint density at radius 2 is 1.96 bits per heavy atom. The molecular weight excluding hydrogens is 389 g/mol. The maximum Gasteiger partial charge on any atom is 0.211 e. The highest BCUT2D eigenvalue weighted by atomic mass is 35.5. The van der Waals surface area contributed by atoms with Crippen LogP contribution in [0, 0.1) is 17.8 Å². The van der Waals surface area contributed by atoms with Crippen molar-refractivity contribution in [2.75, 3.05) is 24.5 Å². The van der Waals surface area contributed by atoms with E-state index in [2.05, 4.69) is 14.3 Å². The van der Waals surface area contributed by atoms with Gasteiger partial charge in [0, 0.05) is 36.6 Å². The molecule has 1 aromatic carbocycles. The van der Waals surface area contributed by atoms with Crippen LogP contribution in [0.4, 0.5) is 5.95 Å². The first-order valence-electron chi connectivity index (χ1n) is 8.56. The Morgan fingerprint density at radius 3 is 2.73 bits per heavy atom. The van der Waals surface area contributed by atoms with Gasteiger partial charge in [0.1, 0.15) is 0 Å². The van der Waals surface area contributed by atoms with E-state index in [0.29, 0.717) is 16.0 Å². The van der Waals surface area contributed by atoms with Crippen LogP contribution in [0.2, 0.25) is 10.0 Å². The van der Waals surface area contributed by atoms with Gasteiger partial charge in [-0.3, -0.25) is 4.40 Å². The molecule has 8 heteroatoms. The molecule has 0 bridgehead atoms. The number of imidazole rings is 1. The number of halogens is 2. The zero-order valence-electron chi connectivity index (χ0n) is 13.8. The van der Waals surface area contributed by atoms with E-state index >= 15 is 0 Å². The molecule has 2 aliphatic rings. The van der Waals surface area contributed by atoms with Crippen LogP contribution in [0.25, 0.3) is 5.65 Å². The molecular formula is C18H17Cl2N5S. The van der Waals surface area contributed by atoms with Crippen molar-refractivity contribution in [1.29, 1.82) is 0 Å². The minimum atomic E-state index is 0.548. The third-order valence-electron chi connectivity index (χ3n) is 5.44. The molecule has 5 rings (SSSR count). The molecule has 26 heavy (non-hydrogen) atoms. The van der Waals surface area contributed by atoms with Gasteiger partial charge in [0.05, 0.1) is 14.9 Å². The van der Waals surface area contributed by atoms with Crippen molar-refractivity contribution in [3.63, 3.8) is 0 Å². The summed E-state index contributed by atoms with van der Waals surface area (Å²) in [5.74, 6) is 3.09. The van der Waals surface area contributed by atoms with Crippen molar-refractivity contribution in [1.82, 2.24) is 14.4 Å². The lowest BCUT2D eigenvalue weighted by Gasteiger charge is -2.22. The molecule has 1 saturated heterocycles. The monoisotopic (exact) mass is 405 g/mol. The SMILES string of the molecule is NC[C@@H]1[C@H]2CN(c3ncc(Sc4cccc(Cl)c4Cl)c4nccn34)C[C@@H]12. The summed E-state index contributed by atoms with van der Waals surface area (Å²) in [5, 5.41) is 1.10. The number of rotatable bonds is 4. The average molecular weight is 406 g/mol. The highest BCUT2D eigenvalue weighted by molar-refractivity contribution is 7.99. The van der Waals surface area contributed by atoms with E-state index in [9.17, 15) is 0 Å². The number of hydrogen-bond acceptors (Lipinski definition) is 5. The minimum absolute atomic E-state index is 0.548. The van der Waals surface area contributed by atoms with Crippen molar-refractivity contribution >= 4 is 46.6 Å². The molecule has 2 N–H and O–H groups in total. The third-order valence-corrected chi connectivity index (χ3v) is 7.44. The standard InChI is InChI=1S/C18H17Cl2N5S/c19-13-2-1-3-14(16(13)20)26-15-7-23-18(25-5-4-22-17(15)25)24-8-11-10(6-21)12(11)9-24/h1-5,7,10-12H,6,8-9,21H2/t10-,11-,12+. The number of benzene rings is 1. The summed E-state index contributed by atoms with van der Waals surface area (Å²) in [6.45, 7) is 2.85. The van der Waals surface area contributed by atoms with Crippen LogP contribution in [0.3, 0.4) is 0 Å². The second-order valence-electron chi connectivity index (χ2n) is 6.83. The van der Waals surface area contributed by atoms with Crippen molar-refractivity contribution in [2.24, 2.45) is 23.5 Å². The Morgan fingerprint density at radius 1 is 1.15 bits per heavy atom. The number of piperidine rings is 1. The summed E-state index contributed by atoms with van der Waals surface area (Å²) in [5.41, 5.74) is 6.71. The summed E-state index contributed by atoms with van der Waals surface area (Å²) in [7, 11) is 0. The van der Waals surface area contributed by atoms with E-state index in [-0.39, 0.29) is 0 Å². The lowest BCUT2D eigenvalue weighted by Crippen LogP contribution is -2.28. The van der Waals surface area contributed by atoms with E-state index in [1.54, 1.807) is 6.07 Å². The van der Waals surface area contributed by atoms with Gasteiger partial charge in [0.25, 0.3) is 0 Å². The highest BCUT2D eigenvalue weighted by Gasteiger charge is 2.55. The van der Waals surface area contributed by atoms with Crippen LogP contribution < -0.4 is 10.6 Å². The molecule has 0 unspecified atom stereocenters. The zero-order chi connectivity index (χ0) is 17.8. The molecule has 0 spiro atoms.